The van der Waals surface area contributed by atoms with Crippen LogP contribution in [0.2, 0.25) is 0 Å². The van der Waals surface area contributed by atoms with Gasteiger partial charge >= 0.3 is 0 Å². The number of nitrogens with one attached hydrogen (secondary N) is 1. The number of likely N-dealkylation sites (N-methyl/N-ethyl adjacent to an activating group) is 1. The first-order valence-electron chi connectivity index (χ1n) is 7.78. The third-order valence-electron chi connectivity index (χ3n) is 3.89. The van der Waals surface area contributed by atoms with Gasteiger partial charge in [-0.1, -0.05) is 17.7 Å². The lowest BCUT2D eigenvalue weighted by molar-refractivity contribution is -0.129. The molecular weight excluding hydrogens is 330 g/mol. The van der Waals surface area contributed by atoms with Gasteiger partial charge in [0.15, 0.2) is 9.84 Å². The summed E-state index contributed by atoms with van der Waals surface area (Å²) in [5, 5.41) is 2.53. The molecule has 24 heavy (non-hydrogen) atoms. The largest absolute Gasteiger partial charge is 0.339 e. The van der Waals surface area contributed by atoms with E-state index in [9.17, 15) is 18.0 Å². The highest BCUT2D eigenvalue weighted by Gasteiger charge is 2.26. The molecule has 1 heterocycles. The maximum Gasteiger partial charge on any atom is 0.239 e. The van der Waals surface area contributed by atoms with Crippen molar-refractivity contribution in [2.75, 3.05) is 50.0 Å². The van der Waals surface area contributed by atoms with Gasteiger partial charge in [-0.25, -0.2) is 8.42 Å². The SMILES string of the molecule is Cc1ccc(NC(=O)CS(=O)(=O)CC(=O)N2CCN(C)CC2)cc1. The second-order valence-corrected chi connectivity index (χ2v) is 8.19. The number of sulfone groups is 1. The standard InChI is InChI=1S/C16H23N3O4S/c1-13-3-5-14(6-4-13)17-15(20)11-24(22,23)12-16(21)19-9-7-18(2)8-10-19/h3-6H,7-12H2,1-2H3,(H,17,20). The van der Waals surface area contributed by atoms with Crippen LogP contribution in [-0.2, 0) is 19.4 Å². The lowest BCUT2D eigenvalue weighted by Crippen LogP contribution is -2.49. The summed E-state index contributed by atoms with van der Waals surface area (Å²) in [6.07, 6.45) is 0. The summed E-state index contributed by atoms with van der Waals surface area (Å²) in [5.74, 6) is -2.39. The predicted molar refractivity (Wildman–Crippen MR) is 92.5 cm³/mol. The Hall–Kier alpha value is -1.93. The molecule has 1 aliphatic rings. The summed E-state index contributed by atoms with van der Waals surface area (Å²) in [7, 11) is -1.84. The molecule has 0 unspecified atom stereocenters. The molecule has 1 saturated heterocycles. The van der Waals surface area contributed by atoms with Gasteiger partial charge < -0.3 is 15.1 Å². The third-order valence-corrected chi connectivity index (χ3v) is 5.27. The molecule has 1 N–H and O–H groups in total. The minimum absolute atomic E-state index is 0.439. The molecule has 0 spiro atoms. The van der Waals surface area contributed by atoms with E-state index in [0.29, 0.717) is 18.8 Å². The molecule has 8 heteroatoms. The zero-order chi connectivity index (χ0) is 17.7. The van der Waals surface area contributed by atoms with Crippen molar-refractivity contribution in [1.29, 1.82) is 0 Å². The zero-order valence-corrected chi connectivity index (χ0v) is 14.8. The second-order valence-electron chi connectivity index (χ2n) is 6.13. The molecule has 0 aliphatic carbocycles. The van der Waals surface area contributed by atoms with E-state index in [-0.39, 0.29) is 0 Å². The number of hydrogen-bond acceptors (Lipinski definition) is 5. The van der Waals surface area contributed by atoms with E-state index in [0.717, 1.165) is 18.7 Å². The smallest absolute Gasteiger partial charge is 0.239 e. The second kappa shape index (κ2) is 7.76. The van der Waals surface area contributed by atoms with Gasteiger partial charge in [0, 0.05) is 31.9 Å². The molecule has 0 saturated carbocycles. The fourth-order valence-electron chi connectivity index (χ4n) is 2.42. The monoisotopic (exact) mass is 353 g/mol. The van der Waals surface area contributed by atoms with Crippen molar-refractivity contribution in [2.45, 2.75) is 6.92 Å². The molecule has 1 aromatic carbocycles. The highest BCUT2D eigenvalue weighted by molar-refractivity contribution is 7.92. The van der Waals surface area contributed by atoms with E-state index in [2.05, 4.69) is 10.2 Å². The van der Waals surface area contributed by atoms with Gasteiger partial charge in [-0.15, -0.1) is 0 Å². The van der Waals surface area contributed by atoms with Gasteiger partial charge in [-0.3, -0.25) is 9.59 Å². The van der Waals surface area contributed by atoms with Crippen LogP contribution in [0.3, 0.4) is 0 Å². The lowest BCUT2D eigenvalue weighted by Gasteiger charge is -2.32. The molecular formula is C16H23N3O4S. The first-order valence-corrected chi connectivity index (χ1v) is 9.60. The van der Waals surface area contributed by atoms with Crippen LogP contribution in [0.25, 0.3) is 0 Å². The number of piperazine rings is 1. The van der Waals surface area contributed by atoms with Gasteiger partial charge in [-0.05, 0) is 26.1 Å². The van der Waals surface area contributed by atoms with Gasteiger partial charge in [0.1, 0.15) is 11.5 Å². The van der Waals surface area contributed by atoms with E-state index in [1.807, 2.05) is 26.1 Å². The molecule has 7 nitrogen and oxygen atoms in total. The van der Waals surface area contributed by atoms with Crippen molar-refractivity contribution in [3.8, 4) is 0 Å². The molecule has 1 aromatic rings. The molecule has 0 bridgehead atoms. The molecule has 1 fully saturated rings. The molecule has 0 aromatic heterocycles. The minimum atomic E-state index is -3.79. The fraction of sp³-hybridized carbons (Fsp3) is 0.500. The average molecular weight is 353 g/mol. The predicted octanol–water partition coefficient (Wildman–Crippen LogP) is 0.122. The number of carbonyl (C=O) groups is 2. The summed E-state index contributed by atoms with van der Waals surface area (Å²) in [6.45, 7) is 4.39. The molecule has 0 atom stereocenters. The summed E-state index contributed by atoms with van der Waals surface area (Å²) in [4.78, 5) is 27.6. The van der Waals surface area contributed by atoms with Gasteiger partial charge in [0.05, 0.1) is 0 Å². The molecule has 132 valence electrons. The van der Waals surface area contributed by atoms with Crippen LogP contribution >= 0.6 is 0 Å². The number of carbonyl (C=O) groups excluding carboxylic acids is 2. The summed E-state index contributed by atoms with van der Waals surface area (Å²) >= 11 is 0. The number of aryl methyl sites for hydroxylation is 1. The van der Waals surface area contributed by atoms with Crippen LogP contribution in [0.1, 0.15) is 5.56 Å². The number of rotatable bonds is 5. The van der Waals surface area contributed by atoms with Crippen molar-refractivity contribution in [3.05, 3.63) is 29.8 Å². The van der Waals surface area contributed by atoms with Crippen molar-refractivity contribution >= 4 is 27.3 Å². The van der Waals surface area contributed by atoms with Gasteiger partial charge in [-0.2, -0.15) is 0 Å². The Bertz CT molecular complexity index is 693. The van der Waals surface area contributed by atoms with Gasteiger partial charge in [0.25, 0.3) is 0 Å². The Labute approximate surface area is 142 Å². The maximum atomic E-state index is 12.1. The Morgan fingerprint density at radius 2 is 1.62 bits per heavy atom. The number of benzene rings is 1. The maximum absolute atomic E-state index is 12.1. The quantitative estimate of drug-likeness (QED) is 0.813. The van der Waals surface area contributed by atoms with Crippen molar-refractivity contribution < 1.29 is 18.0 Å². The number of amides is 2. The van der Waals surface area contributed by atoms with E-state index in [1.54, 1.807) is 12.1 Å². The van der Waals surface area contributed by atoms with Crippen molar-refractivity contribution in [1.82, 2.24) is 9.80 Å². The van der Waals surface area contributed by atoms with E-state index in [1.165, 1.54) is 4.90 Å². The van der Waals surface area contributed by atoms with Crippen LogP contribution in [0.15, 0.2) is 24.3 Å². The zero-order valence-electron chi connectivity index (χ0n) is 14.0. The summed E-state index contributed by atoms with van der Waals surface area (Å²) in [5.41, 5.74) is 1.57. The van der Waals surface area contributed by atoms with E-state index >= 15 is 0 Å². The number of anilines is 1. The Morgan fingerprint density at radius 1 is 1.04 bits per heavy atom. The van der Waals surface area contributed by atoms with Crippen LogP contribution in [0.4, 0.5) is 5.69 Å². The third kappa shape index (κ3) is 5.61. The molecule has 0 radical (unpaired) electrons. The van der Waals surface area contributed by atoms with E-state index in [4.69, 9.17) is 0 Å². The fourth-order valence-corrected chi connectivity index (χ4v) is 3.55. The highest BCUT2D eigenvalue weighted by atomic mass is 32.2. The van der Waals surface area contributed by atoms with Crippen LogP contribution in [0.5, 0.6) is 0 Å². The normalized spacial score (nSPS) is 16.0. The van der Waals surface area contributed by atoms with Crippen LogP contribution in [0, 0.1) is 6.92 Å². The average Bonchev–Trinajstić information content (AvgIpc) is 2.49. The first-order chi connectivity index (χ1) is 11.2. The highest BCUT2D eigenvalue weighted by Crippen LogP contribution is 2.09. The number of hydrogen-bond donors (Lipinski definition) is 1. The molecule has 2 amide bonds. The number of nitrogens with zero attached hydrogens (tertiary/aromatic N) is 2. The lowest BCUT2D eigenvalue weighted by atomic mass is 10.2. The van der Waals surface area contributed by atoms with Crippen molar-refractivity contribution in [3.63, 3.8) is 0 Å². The Balaban J connectivity index is 1.87. The summed E-state index contributed by atoms with van der Waals surface area (Å²) in [6, 6.07) is 7.05. The van der Waals surface area contributed by atoms with Crippen molar-refractivity contribution in [2.24, 2.45) is 0 Å². The molecule has 2 rings (SSSR count). The molecule has 1 aliphatic heterocycles. The topological polar surface area (TPSA) is 86.8 Å². The Kier molecular flexibility index (Phi) is 5.95. The minimum Gasteiger partial charge on any atom is -0.339 e. The van der Waals surface area contributed by atoms with E-state index < -0.39 is 33.2 Å². The Morgan fingerprint density at radius 3 is 2.21 bits per heavy atom. The first kappa shape index (κ1) is 18.4. The van der Waals surface area contributed by atoms with Crippen LogP contribution < -0.4 is 5.32 Å². The van der Waals surface area contributed by atoms with Gasteiger partial charge in [0.2, 0.25) is 11.8 Å². The van der Waals surface area contributed by atoms with Crippen LogP contribution in [-0.4, -0.2) is 74.8 Å². The summed E-state index contributed by atoms with van der Waals surface area (Å²) < 4.78 is 24.2.